The highest BCUT2D eigenvalue weighted by Gasteiger charge is 2.10. The molecule has 0 aliphatic carbocycles. The standard InChI is InChI=1S/C12H14FN3/c1-3-11-10(14)7-15-16(11)12-5-4-9(13)6-8(12)2/h4-7H,3,14H2,1-2H3. The van der Waals surface area contributed by atoms with E-state index in [1.165, 1.54) is 12.1 Å². The van der Waals surface area contributed by atoms with Crippen molar-refractivity contribution in [3.05, 3.63) is 41.5 Å². The van der Waals surface area contributed by atoms with Crippen molar-refractivity contribution in [1.29, 1.82) is 0 Å². The van der Waals surface area contributed by atoms with Crippen LogP contribution in [0.25, 0.3) is 5.69 Å². The van der Waals surface area contributed by atoms with Crippen molar-refractivity contribution < 1.29 is 4.39 Å². The van der Waals surface area contributed by atoms with E-state index in [4.69, 9.17) is 5.73 Å². The van der Waals surface area contributed by atoms with E-state index in [0.29, 0.717) is 5.69 Å². The normalized spacial score (nSPS) is 10.7. The Balaban J connectivity index is 2.58. The molecule has 4 heteroatoms. The van der Waals surface area contributed by atoms with Gasteiger partial charge in [0, 0.05) is 0 Å². The maximum atomic E-state index is 13.0. The van der Waals surface area contributed by atoms with E-state index < -0.39 is 0 Å². The number of anilines is 1. The van der Waals surface area contributed by atoms with Gasteiger partial charge >= 0.3 is 0 Å². The van der Waals surface area contributed by atoms with E-state index in [2.05, 4.69) is 5.10 Å². The Labute approximate surface area is 93.7 Å². The van der Waals surface area contributed by atoms with Crippen LogP contribution in [0.4, 0.5) is 10.1 Å². The maximum Gasteiger partial charge on any atom is 0.123 e. The van der Waals surface area contributed by atoms with Gasteiger partial charge in [-0.1, -0.05) is 6.92 Å². The number of benzene rings is 1. The highest BCUT2D eigenvalue weighted by molar-refractivity contribution is 5.48. The van der Waals surface area contributed by atoms with Gasteiger partial charge in [-0.05, 0) is 37.1 Å². The monoisotopic (exact) mass is 219 g/mol. The van der Waals surface area contributed by atoms with E-state index >= 15 is 0 Å². The van der Waals surface area contributed by atoms with Crippen LogP contribution in [0.5, 0.6) is 0 Å². The van der Waals surface area contributed by atoms with Crippen molar-refractivity contribution in [2.75, 3.05) is 5.73 Å². The van der Waals surface area contributed by atoms with Gasteiger partial charge in [-0.2, -0.15) is 5.10 Å². The summed E-state index contributed by atoms with van der Waals surface area (Å²) < 4.78 is 14.8. The minimum absolute atomic E-state index is 0.237. The fourth-order valence-corrected chi connectivity index (χ4v) is 1.80. The lowest BCUT2D eigenvalue weighted by molar-refractivity contribution is 0.625. The minimum Gasteiger partial charge on any atom is -0.396 e. The molecule has 16 heavy (non-hydrogen) atoms. The van der Waals surface area contributed by atoms with Gasteiger partial charge in [0.2, 0.25) is 0 Å². The average Bonchev–Trinajstić information content (AvgIpc) is 2.59. The van der Waals surface area contributed by atoms with Crippen LogP contribution in [-0.4, -0.2) is 9.78 Å². The Morgan fingerprint density at radius 1 is 1.44 bits per heavy atom. The first-order valence-electron chi connectivity index (χ1n) is 5.22. The Morgan fingerprint density at radius 3 is 2.81 bits per heavy atom. The average molecular weight is 219 g/mol. The number of aryl methyl sites for hydroxylation is 1. The van der Waals surface area contributed by atoms with Crippen LogP contribution in [0, 0.1) is 12.7 Å². The van der Waals surface area contributed by atoms with Crippen LogP contribution < -0.4 is 5.73 Å². The summed E-state index contributed by atoms with van der Waals surface area (Å²) in [7, 11) is 0. The Bertz CT molecular complexity index is 517. The quantitative estimate of drug-likeness (QED) is 0.843. The molecule has 2 rings (SSSR count). The third kappa shape index (κ3) is 1.66. The van der Waals surface area contributed by atoms with Gasteiger partial charge in [-0.3, -0.25) is 0 Å². The molecule has 0 spiro atoms. The zero-order valence-electron chi connectivity index (χ0n) is 9.37. The van der Waals surface area contributed by atoms with Gasteiger partial charge in [-0.25, -0.2) is 9.07 Å². The fraction of sp³-hybridized carbons (Fsp3) is 0.250. The largest absolute Gasteiger partial charge is 0.396 e. The predicted octanol–water partition coefficient (Wildman–Crippen LogP) is 2.46. The third-order valence-corrected chi connectivity index (χ3v) is 2.62. The summed E-state index contributed by atoms with van der Waals surface area (Å²) >= 11 is 0. The first kappa shape index (κ1) is 10.7. The number of hydrogen-bond acceptors (Lipinski definition) is 2. The Hall–Kier alpha value is -1.84. The summed E-state index contributed by atoms with van der Waals surface area (Å²) in [4.78, 5) is 0. The molecule has 84 valence electrons. The topological polar surface area (TPSA) is 43.8 Å². The van der Waals surface area contributed by atoms with E-state index in [1.807, 2.05) is 13.8 Å². The maximum absolute atomic E-state index is 13.0. The van der Waals surface area contributed by atoms with Crippen LogP contribution in [0.2, 0.25) is 0 Å². The van der Waals surface area contributed by atoms with Crippen molar-refractivity contribution in [2.45, 2.75) is 20.3 Å². The summed E-state index contributed by atoms with van der Waals surface area (Å²) in [5, 5.41) is 4.22. The molecule has 0 aliphatic heterocycles. The van der Waals surface area contributed by atoms with Crippen LogP contribution in [0.1, 0.15) is 18.2 Å². The molecular weight excluding hydrogens is 205 g/mol. The second-order valence-electron chi connectivity index (χ2n) is 3.74. The zero-order valence-corrected chi connectivity index (χ0v) is 9.37. The number of nitrogens with two attached hydrogens (primary N) is 1. The molecular formula is C12H14FN3. The summed E-state index contributed by atoms with van der Waals surface area (Å²) in [6.45, 7) is 3.87. The minimum atomic E-state index is -0.237. The van der Waals surface area contributed by atoms with E-state index in [-0.39, 0.29) is 5.82 Å². The van der Waals surface area contributed by atoms with Crippen LogP contribution in [0.3, 0.4) is 0 Å². The number of aromatic nitrogens is 2. The Morgan fingerprint density at radius 2 is 2.19 bits per heavy atom. The summed E-state index contributed by atoms with van der Waals surface area (Å²) in [6, 6.07) is 4.64. The molecule has 0 saturated carbocycles. The molecule has 0 fully saturated rings. The van der Waals surface area contributed by atoms with Crippen molar-refractivity contribution in [1.82, 2.24) is 9.78 Å². The number of halogens is 1. The molecule has 1 aromatic carbocycles. The molecule has 1 heterocycles. The molecule has 0 aliphatic rings. The van der Waals surface area contributed by atoms with Gasteiger partial charge in [-0.15, -0.1) is 0 Å². The Kier molecular flexibility index (Phi) is 2.64. The van der Waals surface area contributed by atoms with Gasteiger partial charge in [0.05, 0.1) is 23.3 Å². The molecule has 2 N–H and O–H groups in total. The zero-order chi connectivity index (χ0) is 11.7. The molecule has 1 aromatic heterocycles. The molecule has 0 unspecified atom stereocenters. The molecule has 3 nitrogen and oxygen atoms in total. The lowest BCUT2D eigenvalue weighted by atomic mass is 10.2. The summed E-state index contributed by atoms with van der Waals surface area (Å²) in [5.41, 5.74) is 9.15. The van der Waals surface area contributed by atoms with Gasteiger partial charge in [0.1, 0.15) is 5.82 Å². The van der Waals surface area contributed by atoms with Crippen molar-refractivity contribution in [2.24, 2.45) is 0 Å². The first-order valence-corrected chi connectivity index (χ1v) is 5.22. The number of hydrogen-bond donors (Lipinski definition) is 1. The van der Waals surface area contributed by atoms with E-state index in [9.17, 15) is 4.39 Å². The smallest absolute Gasteiger partial charge is 0.123 e. The number of nitrogens with zero attached hydrogens (tertiary/aromatic N) is 2. The SMILES string of the molecule is CCc1c(N)cnn1-c1ccc(F)cc1C. The lowest BCUT2D eigenvalue weighted by Gasteiger charge is -2.09. The molecule has 2 aromatic rings. The number of nitrogen functional groups attached to an aromatic ring is 1. The van der Waals surface area contributed by atoms with Gasteiger partial charge < -0.3 is 5.73 Å². The second kappa shape index (κ2) is 3.96. The molecule has 0 amide bonds. The first-order chi connectivity index (χ1) is 7.63. The summed E-state index contributed by atoms with van der Waals surface area (Å²) in [6.07, 6.45) is 2.42. The van der Waals surface area contributed by atoms with Crippen molar-refractivity contribution >= 4 is 5.69 Å². The van der Waals surface area contributed by atoms with Crippen LogP contribution in [-0.2, 0) is 6.42 Å². The predicted molar refractivity (Wildman–Crippen MR) is 62.0 cm³/mol. The number of rotatable bonds is 2. The summed E-state index contributed by atoms with van der Waals surface area (Å²) in [5.74, 6) is -0.237. The van der Waals surface area contributed by atoms with Crippen LogP contribution in [0.15, 0.2) is 24.4 Å². The van der Waals surface area contributed by atoms with Crippen molar-refractivity contribution in [3.63, 3.8) is 0 Å². The highest BCUT2D eigenvalue weighted by Crippen LogP contribution is 2.20. The van der Waals surface area contributed by atoms with Crippen LogP contribution >= 0.6 is 0 Å². The van der Waals surface area contributed by atoms with Crippen molar-refractivity contribution in [3.8, 4) is 5.69 Å². The molecule has 0 radical (unpaired) electrons. The molecule has 0 saturated heterocycles. The third-order valence-electron chi connectivity index (χ3n) is 2.62. The second-order valence-corrected chi connectivity index (χ2v) is 3.74. The fourth-order valence-electron chi connectivity index (χ4n) is 1.80. The molecule has 0 atom stereocenters. The molecule has 0 bridgehead atoms. The van der Waals surface area contributed by atoms with E-state index in [0.717, 1.165) is 23.4 Å². The van der Waals surface area contributed by atoms with E-state index in [1.54, 1.807) is 16.9 Å². The van der Waals surface area contributed by atoms with Gasteiger partial charge in [0.15, 0.2) is 0 Å². The lowest BCUT2D eigenvalue weighted by Crippen LogP contribution is -2.04. The highest BCUT2D eigenvalue weighted by atomic mass is 19.1. The van der Waals surface area contributed by atoms with Gasteiger partial charge in [0.25, 0.3) is 0 Å².